The van der Waals surface area contributed by atoms with Crippen molar-refractivity contribution in [1.82, 2.24) is 4.90 Å². The highest BCUT2D eigenvalue weighted by molar-refractivity contribution is 6.30. The number of hydrogen-bond donors (Lipinski definition) is 0. The van der Waals surface area contributed by atoms with Crippen molar-refractivity contribution in [2.24, 2.45) is 0 Å². The lowest BCUT2D eigenvalue weighted by atomic mass is 10.1. The molecular formula is C16H12ClNO3. The molecular weight excluding hydrogens is 290 g/mol. The number of ether oxygens (including phenoxy) is 1. The van der Waals surface area contributed by atoms with E-state index >= 15 is 0 Å². The predicted octanol–water partition coefficient (Wildman–Crippen LogP) is 2.90. The van der Waals surface area contributed by atoms with Gasteiger partial charge in [-0.05, 0) is 29.8 Å². The fourth-order valence-corrected chi connectivity index (χ4v) is 2.30. The number of halogens is 1. The molecule has 4 nitrogen and oxygen atoms in total. The molecule has 106 valence electrons. The number of nitrogens with zero attached hydrogens (tertiary/aromatic N) is 1. The fraction of sp³-hybridized carbons (Fsp3) is 0.125. The van der Waals surface area contributed by atoms with Gasteiger partial charge < -0.3 is 4.74 Å². The van der Waals surface area contributed by atoms with Crippen LogP contribution in [0.4, 0.5) is 0 Å². The third kappa shape index (κ3) is 2.76. The summed E-state index contributed by atoms with van der Waals surface area (Å²) in [5.74, 6) is -0.261. The first-order valence-electron chi connectivity index (χ1n) is 6.46. The van der Waals surface area contributed by atoms with Gasteiger partial charge in [0, 0.05) is 5.02 Å². The summed E-state index contributed by atoms with van der Waals surface area (Å²) in [5.41, 5.74) is 1.23. The quantitative estimate of drug-likeness (QED) is 0.801. The average Bonchev–Trinajstić information content (AvgIpc) is 2.62. The zero-order valence-electron chi connectivity index (χ0n) is 11.1. The Kier molecular flexibility index (Phi) is 3.62. The van der Waals surface area contributed by atoms with Crippen LogP contribution in [0.3, 0.4) is 0 Å². The van der Waals surface area contributed by atoms with E-state index in [-0.39, 0.29) is 25.0 Å². The van der Waals surface area contributed by atoms with E-state index in [2.05, 4.69) is 0 Å². The van der Waals surface area contributed by atoms with Gasteiger partial charge >= 0.3 is 0 Å². The van der Waals surface area contributed by atoms with Crippen LogP contribution in [0.25, 0.3) is 0 Å². The number of carbonyl (C=O) groups excluding carboxylic acids is 2. The van der Waals surface area contributed by atoms with Crippen molar-refractivity contribution < 1.29 is 14.3 Å². The van der Waals surface area contributed by atoms with Gasteiger partial charge in [-0.1, -0.05) is 35.9 Å². The molecule has 0 N–H and O–H groups in total. The highest BCUT2D eigenvalue weighted by atomic mass is 35.5. The molecule has 2 aromatic carbocycles. The van der Waals surface area contributed by atoms with Gasteiger partial charge in [-0.25, -0.2) is 0 Å². The molecule has 0 saturated heterocycles. The van der Waals surface area contributed by atoms with Gasteiger partial charge in [0.05, 0.1) is 12.1 Å². The number of amides is 2. The van der Waals surface area contributed by atoms with Crippen LogP contribution in [0.2, 0.25) is 5.02 Å². The summed E-state index contributed by atoms with van der Waals surface area (Å²) in [7, 11) is 0. The summed E-state index contributed by atoms with van der Waals surface area (Å²) >= 11 is 5.84. The third-order valence-corrected chi connectivity index (χ3v) is 3.52. The zero-order valence-corrected chi connectivity index (χ0v) is 11.8. The van der Waals surface area contributed by atoms with E-state index in [0.29, 0.717) is 16.3 Å². The van der Waals surface area contributed by atoms with Crippen molar-refractivity contribution >= 4 is 23.4 Å². The molecule has 0 atom stereocenters. The normalized spacial score (nSPS) is 14.4. The Morgan fingerprint density at radius 1 is 1.05 bits per heavy atom. The van der Waals surface area contributed by atoms with Crippen LogP contribution in [-0.2, 0) is 11.3 Å². The average molecular weight is 302 g/mol. The fourth-order valence-electron chi connectivity index (χ4n) is 2.18. The molecule has 21 heavy (non-hydrogen) atoms. The lowest BCUT2D eigenvalue weighted by Gasteiger charge is -2.18. The topological polar surface area (TPSA) is 46.6 Å². The monoisotopic (exact) mass is 301 g/mol. The first-order chi connectivity index (χ1) is 10.1. The second kappa shape index (κ2) is 5.58. The predicted molar refractivity (Wildman–Crippen MR) is 78.3 cm³/mol. The molecule has 3 rings (SSSR count). The minimum Gasteiger partial charge on any atom is -0.483 e. The highest BCUT2D eigenvalue weighted by Crippen LogP contribution is 2.24. The van der Waals surface area contributed by atoms with Crippen molar-refractivity contribution in [2.75, 3.05) is 6.61 Å². The molecule has 0 unspecified atom stereocenters. The van der Waals surface area contributed by atoms with Gasteiger partial charge in [0.15, 0.2) is 6.61 Å². The van der Waals surface area contributed by atoms with Crippen molar-refractivity contribution in [2.45, 2.75) is 6.54 Å². The van der Waals surface area contributed by atoms with Crippen LogP contribution < -0.4 is 4.74 Å². The number of hydrogen-bond acceptors (Lipinski definition) is 3. The van der Waals surface area contributed by atoms with Gasteiger partial charge in [0.1, 0.15) is 5.75 Å². The van der Waals surface area contributed by atoms with Crippen LogP contribution in [0.15, 0.2) is 48.5 Å². The first-order valence-corrected chi connectivity index (χ1v) is 6.84. The summed E-state index contributed by atoms with van der Waals surface area (Å²) in [4.78, 5) is 25.8. The van der Waals surface area contributed by atoms with E-state index in [1.54, 1.807) is 48.5 Å². The van der Waals surface area contributed by atoms with E-state index in [4.69, 9.17) is 16.3 Å². The summed E-state index contributed by atoms with van der Waals surface area (Å²) in [6.07, 6.45) is 0. The van der Waals surface area contributed by atoms with Gasteiger partial charge in [-0.2, -0.15) is 0 Å². The van der Waals surface area contributed by atoms with Crippen LogP contribution in [0.5, 0.6) is 5.75 Å². The number of rotatable bonds is 2. The first kappa shape index (κ1) is 13.6. The third-order valence-electron chi connectivity index (χ3n) is 3.27. The van der Waals surface area contributed by atoms with Crippen molar-refractivity contribution in [3.63, 3.8) is 0 Å². The van der Waals surface area contributed by atoms with Crippen LogP contribution in [-0.4, -0.2) is 23.3 Å². The van der Waals surface area contributed by atoms with Crippen molar-refractivity contribution in [1.29, 1.82) is 0 Å². The Morgan fingerprint density at radius 2 is 1.76 bits per heavy atom. The van der Waals surface area contributed by atoms with E-state index < -0.39 is 0 Å². The molecule has 0 bridgehead atoms. The summed E-state index contributed by atoms with van der Waals surface area (Å²) in [5, 5.41) is 0.612. The minimum absolute atomic E-state index is 0.143. The van der Waals surface area contributed by atoms with Gasteiger partial charge in [-0.3, -0.25) is 14.5 Å². The van der Waals surface area contributed by atoms with Crippen molar-refractivity contribution in [3.05, 3.63) is 64.7 Å². The number of imide groups is 1. The standard InChI is InChI=1S/C16H12ClNO3/c17-12-7-5-11(6-8-12)9-18-15(19)10-21-14-4-2-1-3-13(14)16(18)20/h1-8H,9-10H2. The summed E-state index contributed by atoms with van der Waals surface area (Å²) in [6, 6.07) is 13.9. The lowest BCUT2D eigenvalue weighted by molar-refractivity contribution is -0.130. The number of para-hydroxylation sites is 1. The number of benzene rings is 2. The molecule has 0 radical (unpaired) electrons. The molecule has 0 spiro atoms. The SMILES string of the molecule is O=C1COc2ccccc2C(=O)N1Cc1ccc(Cl)cc1. The molecule has 2 aromatic rings. The van der Waals surface area contributed by atoms with Crippen LogP contribution in [0, 0.1) is 0 Å². The maximum absolute atomic E-state index is 12.5. The minimum atomic E-state index is -0.355. The van der Waals surface area contributed by atoms with E-state index in [1.165, 1.54) is 4.90 Å². The molecule has 0 saturated carbocycles. The van der Waals surface area contributed by atoms with Gasteiger partial charge in [0.2, 0.25) is 0 Å². The Bertz CT molecular complexity index is 697. The smallest absolute Gasteiger partial charge is 0.267 e. The second-order valence-corrected chi connectivity index (χ2v) is 5.13. The Morgan fingerprint density at radius 3 is 2.52 bits per heavy atom. The van der Waals surface area contributed by atoms with Crippen molar-refractivity contribution in [3.8, 4) is 5.75 Å². The maximum atomic E-state index is 12.5. The van der Waals surface area contributed by atoms with Crippen LogP contribution >= 0.6 is 11.6 Å². The van der Waals surface area contributed by atoms with E-state index in [9.17, 15) is 9.59 Å². The lowest BCUT2D eigenvalue weighted by Crippen LogP contribution is -2.37. The molecule has 0 aliphatic carbocycles. The van der Waals surface area contributed by atoms with Gasteiger partial charge in [0.25, 0.3) is 11.8 Å². The second-order valence-electron chi connectivity index (χ2n) is 4.70. The molecule has 5 heteroatoms. The van der Waals surface area contributed by atoms with Crippen LogP contribution in [0.1, 0.15) is 15.9 Å². The summed E-state index contributed by atoms with van der Waals surface area (Å²) < 4.78 is 5.39. The van der Waals surface area contributed by atoms with E-state index in [1.807, 2.05) is 0 Å². The number of fused-ring (bicyclic) bond motifs is 1. The largest absolute Gasteiger partial charge is 0.483 e. The zero-order chi connectivity index (χ0) is 14.8. The van der Waals surface area contributed by atoms with E-state index in [0.717, 1.165) is 5.56 Å². The molecule has 1 heterocycles. The molecule has 0 fully saturated rings. The Hall–Kier alpha value is -2.33. The molecule has 0 aromatic heterocycles. The molecule has 1 aliphatic heterocycles. The molecule has 1 aliphatic rings. The molecule has 2 amide bonds. The van der Waals surface area contributed by atoms with Gasteiger partial charge in [-0.15, -0.1) is 0 Å². The Balaban J connectivity index is 1.92. The number of carbonyl (C=O) groups is 2. The summed E-state index contributed by atoms with van der Waals surface area (Å²) in [6.45, 7) is 0.0584. The highest BCUT2D eigenvalue weighted by Gasteiger charge is 2.29. The maximum Gasteiger partial charge on any atom is 0.267 e. The Labute approximate surface area is 126 Å².